The highest BCUT2D eigenvalue weighted by Gasteiger charge is 2.16. The Balaban J connectivity index is 1.52. The van der Waals surface area contributed by atoms with E-state index in [0.717, 1.165) is 27.6 Å². The first-order chi connectivity index (χ1) is 13.1. The molecule has 3 heterocycles. The van der Waals surface area contributed by atoms with Crippen LogP contribution in [0.2, 0.25) is 0 Å². The number of anilines is 1. The van der Waals surface area contributed by atoms with E-state index < -0.39 is 0 Å². The van der Waals surface area contributed by atoms with Crippen LogP contribution in [0.1, 0.15) is 21.1 Å². The predicted octanol–water partition coefficient (Wildman–Crippen LogP) is 4.26. The number of nitrogens with one attached hydrogen (secondary N) is 1. The number of carbonyl (C=O) groups excluding carboxylic acids is 1. The van der Waals surface area contributed by atoms with Crippen molar-refractivity contribution in [1.82, 2.24) is 19.7 Å². The summed E-state index contributed by atoms with van der Waals surface area (Å²) in [6, 6.07) is 13.2. The fourth-order valence-electron chi connectivity index (χ4n) is 2.76. The Kier molecular flexibility index (Phi) is 4.52. The van der Waals surface area contributed by atoms with E-state index in [2.05, 4.69) is 20.4 Å². The fourth-order valence-corrected chi connectivity index (χ4v) is 3.38. The average molecular weight is 375 g/mol. The lowest BCUT2D eigenvalue weighted by Gasteiger charge is -2.07. The second kappa shape index (κ2) is 7.13. The van der Waals surface area contributed by atoms with Gasteiger partial charge in [-0.05, 0) is 38.1 Å². The monoisotopic (exact) mass is 375 g/mol. The van der Waals surface area contributed by atoms with E-state index >= 15 is 0 Å². The Morgan fingerprint density at radius 3 is 2.59 bits per heavy atom. The Bertz CT molecular complexity index is 1080. The van der Waals surface area contributed by atoms with Gasteiger partial charge in [0.05, 0.1) is 28.2 Å². The molecule has 1 amide bonds. The van der Waals surface area contributed by atoms with Gasteiger partial charge in [0.1, 0.15) is 0 Å². The molecule has 0 unspecified atom stereocenters. The van der Waals surface area contributed by atoms with Crippen molar-refractivity contribution in [3.05, 3.63) is 76.5 Å². The third kappa shape index (κ3) is 3.50. The van der Waals surface area contributed by atoms with Crippen LogP contribution in [-0.4, -0.2) is 25.7 Å². The first kappa shape index (κ1) is 17.1. The minimum atomic E-state index is -0.202. The number of aromatic nitrogens is 4. The summed E-state index contributed by atoms with van der Waals surface area (Å²) in [5.74, 6) is 0.476. The van der Waals surface area contributed by atoms with Gasteiger partial charge in [-0.2, -0.15) is 5.10 Å². The molecule has 0 saturated carbocycles. The van der Waals surface area contributed by atoms with Crippen LogP contribution in [0.25, 0.3) is 17.1 Å². The van der Waals surface area contributed by atoms with Crippen molar-refractivity contribution in [2.75, 3.05) is 5.32 Å². The molecular formula is C20H17N5OS. The van der Waals surface area contributed by atoms with Gasteiger partial charge in [-0.25, -0.2) is 14.6 Å². The molecule has 27 heavy (non-hydrogen) atoms. The summed E-state index contributed by atoms with van der Waals surface area (Å²) in [6.45, 7) is 3.83. The fraction of sp³-hybridized carbons (Fsp3) is 0.100. The van der Waals surface area contributed by atoms with Crippen molar-refractivity contribution in [2.45, 2.75) is 13.8 Å². The van der Waals surface area contributed by atoms with Crippen LogP contribution in [0.15, 0.2) is 60.2 Å². The van der Waals surface area contributed by atoms with E-state index in [0.29, 0.717) is 11.4 Å². The van der Waals surface area contributed by atoms with Gasteiger partial charge in [0, 0.05) is 22.8 Å². The third-order valence-corrected chi connectivity index (χ3v) is 4.95. The van der Waals surface area contributed by atoms with Crippen LogP contribution >= 0.6 is 11.3 Å². The van der Waals surface area contributed by atoms with Crippen LogP contribution < -0.4 is 5.32 Å². The molecule has 0 radical (unpaired) electrons. The maximum Gasteiger partial charge on any atom is 0.259 e. The largest absolute Gasteiger partial charge is 0.322 e. The van der Waals surface area contributed by atoms with Crippen LogP contribution in [0, 0.1) is 13.8 Å². The summed E-state index contributed by atoms with van der Waals surface area (Å²) in [5.41, 5.74) is 3.95. The molecule has 4 rings (SSSR count). The predicted molar refractivity (Wildman–Crippen MR) is 106 cm³/mol. The average Bonchev–Trinajstić information content (AvgIpc) is 3.29. The molecule has 3 aromatic heterocycles. The van der Waals surface area contributed by atoms with E-state index in [1.54, 1.807) is 28.4 Å². The Labute approximate surface area is 160 Å². The second-order valence-corrected chi connectivity index (χ2v) is 7.09. The van der Waals surface area contributed by atoms with Gasteiger partial charge in [0.25, 0.3) is 5.91 Å². The van der Waals surface area contributed by atoms with E-state index in [1.165, 1.54) is 0 Å². The van der Waals surface area contributed by atoms with Gasteiger partial charge in [0.2, 0.25) is 0 Å². The number of aryl methyl sites for hydroxylation is 1. The van der Waals surface area contributed by atoms with Crippen molar-refractivity contribution < 1.29 is 4.79 Å². The highest BCUT2D eigenvalue weighted by molar-refractivity contribution is 7.09. The molecule has 4 aromatic rings. The Hall–Kier alpha value is -3.32. The number of hydrogen-bond acceptors (Lipinski definition) is 5. The maximum absolute atomic E-state index is 12.6. The number of thiazole rings is 1. The summed E-state index contributed by atoms with van der Waals surface area (Å²) >= 11 is 1.62. The summed E-state index contributed by atoms with van der Waals surface area (Å²) < 4.78 is 1.66. The molecule has 7 heteroatoms. The molecule has 1 N–H and O–H groups in total. The van der Waals surface area contributed by atoms with Gasteiger partial charge >= 0.3 is 0 Å². The topological polar surface area (TPSA) is 72.7 Å². The van der Waals surface area contributed by atoms with Gasteiger partial charge < -0.3 is 5.32 Å². The van der Waals surface area contributed by atoms with Crippen molar-refractivity contribution in [1.29, 1.82) is 0 Å². The van der Waals surface area contributed by atoms with E-state index in [1.807, 2.05) is 61.7 Å². The Morgan fingerprint density at radius 1 is 1.11 bits per heavy atom. The van der Waals surface area contributed by atoms with Crippen molar-refractivity contribution in [3.63, 3.8) is 0 Å². The molecule has 0 fully saturated rings. The third-order valence-electron chi connectivity index (χ3n) is 4.18. The van der Waals surface area contributed by atoms with Crippen LogP contribution in [0.3, 0.4) is 0 Å². The quantitative estimate of drug-likeness (QED) is 0.578. The molecule has 1 aromatic carbocycles. The van der Waals surface area contributed by atoms with E-state index in [9.17, 15) is 4.79 Å². The van der Waals surface area contributed by atoms with Crippen molar-refractivity contribution >= 4 is 22.9 Å². The molecule has 0 saturated heterocycles. The van der Waals surface area contributed by atoms with Crippen LogP contribution in [0.4, 0.5) is 5.69 Å². The number of rotatable bonds is 4. The highest BCUT2D eigenvalue weighted by Crippen LogP contribution is 2.23. The lowest BCUT2D eigenvalue weighted by molar-refractivity contribution is 0.102. The molecule has 0 aliphatic rings. The Morgan fingerprint density at radius 2 is 1.93 bits per heavy atom. The first-order valence-electron chi connectivity index (χ1n) is 8.42. The molecule has 0 spiro atoms. The standard InChI is InChI=1S/C20H17N5OS/c1-13-17(11-22-25(13)19-5-3-4-10-21-19)20(26)24-16-8-6-15(7-9-16)18-12-27-14(2)23-18/h3-12H,1-2H3,(H,24,26). The minimum absolute atomic E-state index is 0.202. The SMILES string of the molecule is Cc1nc(-c2ccc(NC(=O)c3cnn(-c4ccccn4)c3C)cc2)cs1. The molecule has 6 nitrogen and oxygen atoms in total. The number of benzene rings is 1. The highest BCUT2D eigenvalue weighted by atomic mass is 32.1. The molecule has 0 atom stereocenters. The van der Waals surface area contributed by atoms with E-state index in [4.69, 9.17) is 0 Å². The number of nitrogens with zero attached hydrogens (tertiary/aromatic N) is 4. The molecule has 134 valence electrons. The zero-order valence-electron chi connectivity index (χ0n) is 14.9. The summed E-state index contributed by atoms with van der Waals surface area (Å²) in [5, 5.41) is 10.3. The lowest BCUT2D eigenvalue weighted by Crippen LogP contribution is -2.13. The summed E-state index contributed by atoms with van der Waals surface area (Å²) in [6.07, 6.45) is 3.26. The van der Waals surface area contributed by atoms with Crippen molar-refractivity contribution in [2.24, 2.45) is 0 Å². The number of hydrogen-bond donors (Lipinski definition) is 1. The lowest BCUT2D eigenvalue weighted by atomic mass is 10.1. The van der Waals surface area contributed by atoms with Crippen LogP contribution in [0.5, 0.6) is 0 Å². The summed E-state index contributed by atoms with van der Waals surface area (Å²) in [7, 11) is 0. The molecular weight excluding hydrogens is 358 g/mol. The normalized spacial score (nSPS) is 10.7. The van der Waals surface area contributed by atoms with Crippen molar-refractivity contribution in [3.8, 4) is 17.1 Å². The number of carbonyl (C=O) groups is 1. The first-order valence-corrected chi connectivity index (χ1v) is 9.30. The second-order valence-electron chi connectivity index (χ2n) is 6.03. The van der Waals surface area contributed by atoms with E-state index in [-0.39, 0.29) is 5.91 Å². The van der Waals surface area contributed by atoms with Crippen LogP contribution in [-0.2, 0) is 0 Å². The van der Waals surface area contributed by atoms with Gasteiger partial charge in [0.15, 0.2) is 5.82 Å². The smallest absolute Gasteiger partial charge is 0.259 e. The molecule has 0 aliphatic carbocycles. The zero-order valence-corrected chi connectivity index (χ0v) is 15.7. The minimum Gasteiger partial charge on any atom is -0.322 e. The maximum atomic E-state index is 12.6. The number of pyridine rings is 1. The summed E-state index contributed by atoms with van der Waals surface area (Å²) in [4.78, 5) is 21.4. The number of amides is 1. The molecule has 0 bridgehead atoms. The van der Waals surface area contributed by atoms with Gasteiger partial charge in [-0.15, -0.1) is 11.3 Å². The van der Waals surface area contributed by atoms with Gasteiger partial charge in [-0.3, -0.25) is 4.79 Å². The zero-order chi connectivity index (χ0) is 18.8. The molecule has 0 aliphatic heterocycles. The van der Waals surface area contributed by atoms with Gasteiger partial charge in [-0.1, -0.05) is 18.2 Å².